The molecule has 0 radical (unpaired) electrons. The molecule has 1 aromatic carbocycles. The Labute approximate surface area is 95.9 Å². The molecule has 5 nitrogen and oxygen atoms in total. The van der Waals surface area contributed by atoms with E-state index in [9.17, 15) is 9.59 Å². The van der Waals surface area contributed by atoms with Gasteiger partial charge in [0.05, 0.1) is 17.1 Å². The summed E-state index contributed by atoms with van der Waals surface area (Å²) in [6.07, 6.45) is 1.65. The highest BCUT2D eigenvalue weighted by Crippen LogP contribution is 2.15. The third kappa shape index (κ3) is 1.61. The van der Waals surface area contributed by atoms with Crippen molar-refractivity contribution in [3.63, 3.8) is 0 Å². The van der Waals surface area contributed by atoms with Crippen molar-refractivity contribution < 1.29 is 9.59 Å². The van der Waals surface area contributed by atoms with Crippen molar-refractivity contribution in [3.05, 3.63) is 46.8 Å². The molecule has 0 bridgehead atoms. The van der Waals surface area contributed by atoms with E-state index in [1.165, 1.54) is 6.20 Å². The molecule has 17 heavy (non-hydrogen) atoms. The molecular weight excluding hydrogens is 218 g/mol. The molecule has 0 saturated heterocycles. The quantitative estimate of drug-likeness (QED) is 0.609. The topological polar surface area (TPSA) is 71.2 Å². The van der Waals surface area contributed by atoms with Crippen molar-refractivity contribution in [2.45, 2.75) is 6.42 Å². The number of benzene rings is 1. The molecule has 2 amide bonds. The number of nitrogens with zero attached hydrogens (tertiary/aromatic N) is 3. The summed E-state index contributed by atoms with van der Waals surface area (Å²) in [7, 11) is 0. The largest absolute Gasteiger partial charge is 0.296 e. The van der Waals surface area contributed by atoms with Gasteiger partial charge in [0.2, 0.25) is 0 Å². The zero-order valence-electron chi connectivity index (χ0n) is 8.75. The van der Waals surface area contributed by atoms with Gasteiger partial charge in [0, 0.05) is 11.8 Å². The van der Waals surface area contributed by atoms with Gasteiger partial charge >= 0.3 is 0 Å². The van der Waals surface area contributed by atoms with Crippen molar-refractivity contribution in [1.82, 2.24) is 0 Å². The Hall–Kier alpha value is -2.43. The smallest absolute Gasteiger partial charge is 0.272 e. The van der Waals surface area contributed by atoms with Gasteiger partial charge in [-0.25, -0.2) is 9.98 Å². The Morgan fingerprint density at radius 3 is 2.59 bits per heavy atom. The van der Waals surface area contributed by atoms with Gasteiger partial charge in [0.25, 0.3) is 11.8 Å². The SMILES string of the molecule is O=C1CC2=CN=c3ccccc3=NC(=O)C2=N1. The Kier molecular flexibility index (Phi) is 2.04. The minimum atomic E-state index is -0.482. The molecule has 2 heterocycles. The molecule has 0 aromatic heterocycles. The first kappa shape index (κ1) is 9.77. The summed E-state index contributed by atoms with van der Waals surface area (Å²) in [6.45, 7) is 0. The molecule has 0 unspecified atom stereocenters. The van der Waals surface area contributed by atoms with Crippen LogP contribution in [0.4, 0.5) is 0 Å². The van der Waals surface area contributed by atoms with Crippen LogP contribution in [0.25, 0.3) is 0 Å². The van der Waals surface area contributed by atoms with Crippen LogP contribution in [0.15, 0.2) is 51.0 Å². The molecule has 2 aliphatic heterocycles. The van der Waals surface area contributed by atoms with Crippen LogP contribution >= 0.6 is 0 Å². The average molecular weight is 225 g/mol. The average Bonchev–Trinajstić information content (AvgIpc) is 2.67. The molecule has 2 aliphatic rings. The first-order valence-electron chi connectivity index (χ1n) is 5.11. The summed E-state index contributed by atoms with van der Waals surface area (Å²) in [5.74, 6) is -0.805. The summed E-state index contributed by atoms with van der Waals surface area (Å²) in [5, 5.41) is 1.11. The number of hydrogen-bond acceptors (Lipinski definition) is 3. The monoisotopic (exact) mass is 225 g/mol. The summed E-state index contributed by atoms with van der Waals surface area (Å²) in [4.78, 5) is 34.8. The molecular formula is C12H7N3O2. The van der Waals surface area contributed by atoms with Crippen LogP contribution in [-0.4, -0.2) is 17.5 Å². The Morgan fingerprint density at radius 1 is 1.00 bits per heavy atom. The Balaban J connectivity index is 2.32. The van der Waals surface area contributed by atoms with E-state index < -0.39 is 5.91 Å². The molecule has 0 saturated carbocycles. The molecule has 1 aromatic rings. The van der Waals surface area contributed by atoms with Gasteiger partial charge in [-0.15, -0.1) is 0 Å². The standard InChI is InChI=1S/C12H7N3O2/c16-10-5-7-6-13-8-3-1-2-4-9(8)14-12(17)11(7)15-10/h1-4,6H,5H2. The maximum absolute atomic E-state index is 11.8. The maximum atomic E-state index is 11.8. The van der Waals surface area contributed by atoms with Crippen LogP contribution in [0.5, 0.6) is 0 Å². The molecule has 0 fully saturated rings. The van der Waals surface area contributed by atoms with Crippen LogP contribution in [0.1, 0.15) is 6.42 Å². The number of amides is 2. The van der Waals surface area contributed by atoms with Crippen LogP contribution in [0.2, 0.25) is 0 Å². The van der Waals surface area contributed by atoms with E-state index in [1.54, 1.807) is 18.2 Å². The predicted molar refractivity (Wildman–Crippen MR) is 58.9 cm³/mol. The van der Waals surface area contributed by atoms with Crippen molar-refractivity contribution in [1.29, 1.82) is 0 Å². The lowest BCUT2D eigenvalue weighted by atomic mass is 10.1. The molecule has 0 atom stereocenters. The van der Waals surface area contributed by atoms with Crippen molar-refractivity contribution >= 4 is 17.5 Å². The number of fused-ring (bicyclic) bond motifs is 2. The van der Waals surface area contributed by atoms with E-state index >= 15 is 0 Å². The summed E-state index contributed by atoms with van der Waals surface area (Å²) in [6, 6.07) is 7.06. The molecule has 0 aliphatic carbocycles. The normalized spacial score (nSPS) is 17.9. The molecule has 5 heteroatoms. The Bertz CT molecular complexity index is 714. The highest BCUT2D eigenvalue weighted by atomic mass is 16.2. The predicted octanol–water partition coefficient (Wildman–Crippen LogP) is -0.279. The molecule has 3 rings (SSSR count). The van der Waals surface area contributed by atoms with E-state index in [1.807, 2.05) is 6.07 Å². The van der Waals surface area contributed by atoms with E-state index in [0.717, 1.165) is 0 Å². The van der Waals surface area contributed by atoms with Crippen LogP contribution < -0.4 is 10.7 Å². The molecule has 0 spiro atoms. The van der Waals surface area contributed by atoms with Gasteiger partial charge in [0.1, 0.15) is 5.71 Å². The fraction of sp³-hybridized carbons (Fsp3) is 0.0833. The van der Waals surface area contributed by atoms with Gasteiger partial charge in [0.15, 0.2) is 0 Å². The van der Waals surface area contributed by atoms with Crippen LogP contribution in [0.3, 0.4) is 0 Å². The number of para-hydroxylation sites is 2. The summed E-state index contributed by atoms with van der Waals surface area (Å²) in [5.41, 5.74) is 0.659. The highest BCUT2D eigenvalue weighted by Gasteiger charge is 2.26. The molecule has 82 valence electrons. The summed E-state index contributed by atoms with van der Waals surface area (Å²) >= 11 is 0. The zero-order chi connectivity index (χ0) is 11.8. The number of hydrogen-bond donors (Lipinski definition) is 0. The lowest BCUT2D eigenvalue weighted by molar-refractivity contribution is -0.117. The summed E-state index contributed by atoms with van der Waals surface area (Å²) < 4.78 is 0. The minimum Gasteiger partial charge on any atom is -0.272 e. The van der Waals surface area contributed by atoms with Crippen molar-refractivity contribution in [2.75, 3.05) is 0 Å². The number of carbonyl (C=O) groups excluding carboxylic acids is 2. The second-order valence-electron chi connectivity index (χ2n) is 3.72. The van der Waals surface area contributed by atoms with E-state index in [4.69, 9.17) is 0 Å². The second-order valence-corrected chi connectivity index (χ2v) is 3.72. The first-order chi connectivity index (χ1) is 8.24. The van der Waals surface area contributed by atoms with Gasteiger partial charge in [-0.05, 0) is 12.1 Å². The lowest BCUT2D eigenvalue weighted by Crippen LogP contribution is -2.29. The maximum Gasteiger partial charge on any atom is 0.296 e. The minimum absolute atomic E-state index is 0.119. The van der Waals surface area contributed by atoms with Gasteiger partial charge in [-0.1, -0.05) is 12.1 Å². The van der Waals surface area contributed by atoms with E-state index in [-0.39, 0.29) is 18.0 Å². The highest BCUT2D eigenvalue weighted by molar-refractivity contribution is 6.49. The van der Waals surface area contributed by atoms with E-state index in [0.29, 0.717) is 16.3 Å². The fourth-order valence-corrected chi connectivity index (χ4v) is 1.75. The molecule has 0 N–H and O–H groups in total. The van der Waals surface area contributed by atoms with Gasteiger partial charge in [-0.2, -0.15) is 0 Å². The zero-order valence-corrected chi connectivity index (χ0v) is 8.75. The second kappa shape index (κ2) is 3.55. The first-order valence-corrected chi connectivity index (χ1v) is 5.11. The van der Waals surface area contributed by atoms with E-state index in [2.05, 4.69) is 15.0 Å². The van der Waals surface area contributed by atoms with Crippen molar-refractivity contribution in [3.8, 4) is 0 Å². The number of carbonyl (C=O) groups is 2. The van der Waals surface area contributed by atoms with Crippen molar-refractivity contribution in [2.24, 2.45) is 15.0 Å². The number of aliphatic imine (C=N–C) groups is 1. The Morgan fingerprint density at radius 2 is 1.76 bits per heavy atom. The lowest BCUT2D eigenvalue weighted by Gasteiger charge is -1.99. The van der Waals surface area contributed by atoms with Crippen LogP contribution in [-0.2, 0) is 9.59 Å². The van der Waals surface area contributed by atoms with Gasteiger partial charge < -0.3 is 0 Å². The van der Waals surface area contributed by atoms with Gasteiger partial charge in [-0.3, -0.25) is 14.6 Å². The third-order valence-electron chi connectivity index (χ3n) is 2.55. The van der Waals surface area contributed by atoms with Crippen LogP contribution in [0, 0.1) is 0 Å². The number of rotatable bonds is 0. The third-order valence-corrected chi connectivity index (χ3v) is 2.55. The fourth-order valence-electron chi connectivity index (χ4n) is 1.75.